The third-order valence-electron chi connectivity index (χ3n) is 11.1. The van der Waals surface area contributed by atoms with Gasteiger partial charge in [-0.25, -0.2) is 0 Å². The number of nitrogens with zero attached hydrogens (tertiary/aromatic N) is 2. The molecule has 7 rings (SSSR count). The molecule has 1 fully saturated rings. The molecule has 2 aliphatic heterocycles. The van der Waals surface area contributed by atoms with Crippen LogP contribution in [0.1, 0.15) is 91.2 Å². The molecule has 4 aromatic rings. The molecular formula is C45H50N2O. The maximum atomic E-state index is 13.9. The number of rotatable bonds is 8. The van der Waals surface area contributed by atoms with Gasteiger partial charge in [-0.15, -0.1) is 0 Å². The molecule has 1 saturated carbocycles. The van der Waals surface area contributed by atoms with Gasteiger partial charge < -0.3 is 9.80 Å². The predicted octanol–water partition coefficient (Wildman–Crippen LogP) is 11.5. The maximum absolute atomic E-state index is 13.9. The highest BCUT2D eigenvalue weighted by molar-refractivity contribution is 6.11. The van der Waals surface area contributed by atoms with Crippen LogP contribution in [-0.2, 0) is 15.6 Å². The van der Waals surface area contributed by atoms with Crippen LogP contribution in [0.3, 0.4) is 0 Å². The van der Waals surface area contributed by atoms with Crippen molar-refractivity contribution in [3.8, 4) is 0 Å². The zero-order valence-electron chi connectivity index (χ0n) is 29.7. The predicted molar refractivity (Wildman–Crippen MR) is 205 cm³/mol. The first kappa shape index (κ1) is 32.2. The van der Waals surface area contributed by atoms with Crippen LogP contribution in [-0.4, -0.2) is 18.9 Å². The molecule has 0 atom stereocenters. The van der Waals surface area contributed by atoms with Crippen molar-refractivity contribution in [3.63, 3.8) is 0 Å². The molecule has 0 saturated heterocycles. The van der Waals surface area contributed by atoms with E-state index in [1.165, 1.54) is 55.4 Å². The van der Waals surface area contributed by atoms with E-state index < -0.39 is 0 Å². The van der Waals surface area contributed by atoms with E-state index >= 15 is 0 Å². The van der Waals surface area contributed by atoms with Crippen molar-refractivity contribution in [1.82, 2.24) is 0 Å². The summed E-state index contributed by atoms with van der Waals surface area (Å²) in [5.41, 5.74) is 9.48. The average Bonchev–Trinajstić information content (AvgIpc) is 3.63. The molecule has 2 heterocycles. The van der Waals surface area contributed by atoms with Crippen molar-refractivity contribution in [2.24, 2.45) is 0 Å². The van der Waals surface area contributed by atoms with Crippen molar-refractivity contribution in [1.29, 1.82) is 0 Å². The molecule has 4 aromatic carbocycles. The lowest BCUT2D eigenvalue weighted by Gasteiger charge is -2.27. The van der Waals surface area contributed by atoms with Gasteiger partial charge in [-0.2, -0.15) is 0 Å². The molecule has 3 nitrogen and oxygen atoms in total. The Morgan fingerprint density at radius 1 is 0.583 bits per heavy atom. The van der Waals surface area contributed by atoms with Gasteiger partial charge in [0.05, 0.1) is 0 Å². The van der Waals surface area contributed by atoms with Crippen molar-refractivity contribution in [3.05, 3.63) is 131 Å². The number of carbonyl (C=O) groups excluding carboxylic acids is 1. The fourth-order valence-corrected chi connectivity index (χ4v) is 8.56. The molecule has 0 aromatic heterocycles. The van der Waals surface area contributed by atoms with Crippen LogP contribution >= 0.6 is 0 Å². The molecule has 0 unspecified atom stereocenters. The SMILES string of the molecule is CCCCN1/C(=C/C=C2\CC/C(=C\C=C3\N(CCCC)c4ccc5ccccc5c4C3(C)C)C2=O)C(C)(C)c2c1ccc1ccccc21. The smallest absolute Gasteiger partial charge is 0.185 e. The first-order valence-electron chi connectivity index (χ1n) is 18.1. The lowest BCUT2D eigenvalue weighted by Crippen LogP contribution is -2.27. The molecule has 0 radical (unpaired) electrons. The number of benzene rings is 4. The quantitative estimate of drug-likeness (QED) is 0.180. The standard InChI is InChI=1S/C45H50N2O/c1-7-9-29-46-37-25-21-31-15-11-13-17-35(31)41(37)44(3,4)39(46)27-23-33-19-20-34(43(33)48)24-28-40-45(5,6)42-36-18-14-12-16-32(36)22-26-38(42)47(40)30-10-8-2/h11-18,21-28H,7-10,19-20,29-30H2,1-6H3/b33-23+,34-24+,39-27+,40-28+. The summed E-state index contributed by atoms with van der Waals surface area (Å²) in [4.78, 5) is 18.9. The summed E-state index contributed by atoms with van der Waals surface area (Å²) in [5.74, 6) is 0.196. The Balaban J connectivity index is 1.22. The molecule has 3 heteroatoms. The van der Waals surface area contributed by atoms with Crippen LogP contribution in [0.2, 0.25) is 0 Å². The van der Waals surface area contributed by atoms with E-state index in [1.54, 1.807) is 0 Å². The van der Waals surface area contributed by atoms with Gasteiger partial charge in [0.25, 0.3) is 0 Å². The van der Waals surface area contributed by atoms with Crippen LogP contribution in [0, 0.1) is 0 Å². The molecular weight excluding hydrogens is 585 g/mol. The molecule has 0 bridgehead atoms. The van der Waals surface area contributed by atoms with Crippen LogP contribution in [0.25, 0.3) is 21.5 Å². The van der Waals surface area contributed by atoms with E-state index in [2.05, 4.69) is 148 Å². The summed E-state index contributed by atoms with van der Waals surface area (Å²) in [5, 5.41) is 5.21. The number of hydrogen-bond donors (Lipinski definition) is 0. The van der Waals surface area contributed by atoms with Gasteiger partial charge in [0.2, 0.25) is 0 Å². The van der Waals surface area contributed by atoms with E-state index in [1.807, 2.05) is 0 Å². The number of carbonyl (C=O) groups is 1. The van der Waals surface area contributed by atoms with Gasteiger partial charge in [0.15, 0.2) is 5.78 Å². The van der Waals surface area contributed by atoms with Crippen LogP contribution < -0.4 is 9.80 Å². The van der Waals surface area contributed by atoms with Crippen LogP contribution in [0.4, 0.5) is 11.4 Å². The van der Waals surface area contributed by atoms with Crippen molar-refractivity contribution >= 4 is 38.7 Å². The summed E-state index contributed by atoms with van der Waals surface area (Å²) in [7, 11) is 0. The van der Waals surface area contributed by atoms with E-state index in [-0.39, 0.29) is 16.6 Å². The minimum atomic E-state index is -0.166. The van der Waals surface area contributed by atoms with Gasteiger partial charge in [0.1, 0.15) is 0 Å². The molecule has 0 N–H and O–H groups in total. The second-order valence-corrected chi connectivity index (χ2v) is 14.9. The highest BCUT2D eigenvalue weighted by Gasteiger charge is 2.42. The Labute approximate surface area is 287 Å². The normalized spacial score (nSPS) is 21.5. The summed E-state index contributed by atoms with van der Waals surface area (Å²) in [6.45, 7) is 15.9. The second-order valence-electron chi connectivity index (χ2n) is 14.9. The van der Waals surface area contributed by atoms with Gasteiger partial charge >= 0.3 is 0 Å². The largest absolute Gasteiger partial charge is 0.344 e. The Bertz CT molecular complexity index is 1890. The minimum Gasteiger partial charge on any atom is -0.344 e. The average molecular weight is 635 g/mol. The molecule has 246 valence electrons. The lowest BCUT2D eigenvalue weighted by atomic mass is 9.81. The van der Waals surface area contributed by atoms with Gasteiger partial charge in [-0.3, -0.25) is 4.79 Å². The van der Waals surface area contributed by atoms with Gasteiger partial charge in [-0.1, -0.05) is 127 Å². The topological polar surface area (TPSA) is 23.6 Å². The Morgan fingerprint density at radius 3 is 1.42 bits per heavy atom. The Morgan fingerprint density at radius 2 is 1.00 bits per heavy atom. The maximum Gasteiger partial charge on any atom is 0.185 e. The number of fused-ring (bicyclic) bond motifs is 6. The second kappa shape index (κ2) is 12.6. The summed E-state index contributed by atoms with van der Waals surface area (Å²) < 4.78 is 0. The van der Waals surface area contributed by atoms with Gasteiger partial charge in [0, 0.05) is 57.8 Å². The number of Topliss-reactive ketones (excluding diaryl/α,β-unsaturated/α-hetero) is 1. The molecule has 48 heavy (non-hydrogen) atoms. The zero-order chi connectivity index (χ0) is 33.6. The first-order valence-corrected chi connectivity index (χ1v) is 18.1. The molecule has 0 amide bonds. The number of hydrogen-bond acceptors (Lipinski definition) is 3. The molecule has 0 spiro atoms. The summed E-state index contributed by atoms with van der Waals surface area (Å²) in [6.07, 6.45) is 14.9. The fraction of sp³-hybridized carbons (Fsp3) is 0.356. The number of anilines is 2. The highest BCUT2D eigenvalue weighted by atomic mass is 16.1. The van der Waals surface area contributed by atoms with Crippen molar-refractivity contribution < 1.29 is 4.79 Å². The third-order valence-corrected chi connectivity index (χ3v) is 11.1. The van der Waals surface area contributed by atoms with Crippen molar-refractivity contribution in [2.45, 2.75) is 90.9 Å². The first-order chi connectivity index (χ1) is 23.2. The van der Waals surface area contributed by atoms with Crippen LogP contribution in [0.15, 0.2) is 120 Å². The fourth-order valence-electron chi connectivity index (χ4n) is 8.56. The van der Waals surface area contributed by atoms with Gasteiger partial charge in [-0.05, 0) is 82.6 Å². The van der Waals surface area contributed by atoms with E-state index in [0.29, 0.717) is 0 Å². The summed E-state index contributed by atoms with van der Waals surface area (Å²) >= 11 is 0. The monoisotopic (exact) mass is 634 g/mol. The Hall–Kier alpha value is -4.37. The van der Waals surface area contributed by atoms with Crippen LogP contribution in [0.5, 0.6) is 0 Å². The summed E-state index contributed by atoms with van der Waals surface area (Å²) in [6, 6.07) is 26.6. The number of ketones is 1. The number of allylic oxidation sites excluding steroid dienone is 8. The zero-order valence-corrected chi connectivity index (χ0v) is 29.7. The van der Waals surface area contributed by atoms with E-state index in [9.17, 15) is 4.79 Å². The highest BCUT2D eigenvalue weighted by Crippen LogP contribution is 2.52. The van der Waals surface area contributed by atoms with E-state index in [4.69, 9.17) is 0 Å². The lowest BCUT2D eigenvalue weighted by molar-refractivity contribution is -0.111. The number of unbranched alkanes of at least 4 members (excludes halogenated alkanes) is 2. The third kappa shape index (κ3) is 5.23. The molecule has 1 aliphatic carbocycles. The van der Waals surface area contributed by atoms with Crippen molar-refractivity contribution in [2.75, 3.05) is 22.9 Å². The van der Waals surface area contributed by atoms with E-state index in [0.717, 1.165) is 62.8 Å². The Kier molecular flexibility index (Phi) is 8.44. The minimum absolute atomic E-state index is 0.166. The molecule has 3 aliphatic rings.